The Hall–Kier alpha value is -0.880. The molecule has 0 saturated carbocycles. The van der Waals surface area contributed by atoms with Crippen LogP contribution < -0.4 is 16.0 Å². The lowest BCUT2D eigenvalue weighted by atomic mass is 10.1. The van der Waals surface area contributed by atoms with E-state index in [-0.39, 0.29) is 6.04 Å². The van der Waals surface area contributed by atoms with Crippen LogP contribution in [0.5, 0.6) is 5.75 Å². The fourth-order valence-corrected chi connectivity index (χ4v) is 3.26. The quantitative estimate of drug-likeness (QED) is 0.637. The summed E-state index contributed by atoms with van der Waals surface area (Å²) in [7, 11) is 1.68. The first-order chi connectivity index (χ1) is 7.85. The molecule has 2 aromatic rings. The van der Waals surface area contributed by atoms with Gasteiger partial charge in [0.1, 0.15) is 5.75 Å². The largest absolute Gasteiger partial charge is 0.496 e. The van der Waals surface area contributed by atoms with Gasteiger partial charge in [-0.05, 0) is 22.9 Å². The first kappa shape index (κ1) is 11.6. The molecule has 3 nitrogen and oxygen atoms in total. The van der Waals surface area contributed by atoms with Crippen molar-refractivity contribution in [3.8, 4) is 5.75 Å². The molecule has 2 heterocycles. The number of ether oxygens (including phenoxy) is 1. The third-order valence-electron chi connectivity index (χ3n) is 2.38. The molecule has 0 aromatic carbocycles. The van der Waals surface area contributed by atoms with E-state index in [1.807, 2.05) is 11.4 Å². The van der Waals surface area contributed by atoms with Crippen molar-refractivity contribution in [1.29, 1.82) is 0 Å². The molecule has 86 valence electrons. The predicted octanol–water partition coefficient (Wildman–Crippen LogP) is 2.57. The summed E-state index contributed by atoms with van der Waals surface area (Å²) < 4.78 is 5.31. The van der Waals surface area contributed by atoms with Gasteiger partial charge < -0.3 is 4.74 Å². The van der Waals surface area contributed by atoms with E-state index in [2.05, 4.69) is 22.9 Å². The molecule has 0 spiro atoms. The van der Waals surface area contributed by atoms with E-state index in [9.17, 15) is 0 Å². The van der Waals surface area contributed by atoms with Gasteiger partial charge in [-0.1, -0.05) is 6.07 Å². The number of hydrogen-bond acceptors (Lipinski definition) is 5. The highest BCUT2D eigenvalue weighted by atomic mass is 32.1. The lowest BCUT2D eigenvalue weighted by Crippen LogP contribution is -2.29. The van der Waals surface area contributed by atoms with Crippen molar-refractivity contribution in [3.05, 3.63) is 38.7 Å². The third-order valence-corrected chi connectivity index (χ3v) is 4.29. The van der Waals surface area contributed by atoms with Crippen LogP contribution in [0.4, 0.5) is 0 Å². The molecule has 0 saturated heterocycles. The number of rotatable bonds is 5. The standard InChI is InChI=1S/C11H14N2OS2/c1-14-10-4-6-16-11(10)9(13-12)7-8-3-2-5-15-8/h2-6,9,13H,7,12H2,1H3. The van der Waals surface area contributed by atoms with Gasteiger partial charge in [0.05, 0.1) is 18.0 Å². The van der Waals surface area contributed by atoms with Crippen LogP contribution in [0.1, 0.15) is 15.8 Å². The molecule has 5 heteroatoms. The Kier molecular flexibility index (Phi) is 3.95. The summed E-state index contributed by atoms with van der Waals surface area (Å²) in [6.45, 7) is 0. The summed E-state index contributed by atoms with van der Waals surface area (Å²) in [4.78, 5) is 2.47. The highest BCUT2D eigenvalue weighted by molar-refractivity contribution is 7.10. The molecule has 0 amide bonds. The summed E-state index contributed by atoms with van der Waals surface area (Å²) in [5, 5.41) is 4.10. The van der Waals surface area contributed by atoms with Crippen LogP contribution in [-0.2, 0) is 6.42 Å². The van der Waals surface area contributed by atoms with E-state index >= 15 is 0 Å². The molecule has 2 aromatic heterocycles. The van der Waals surface area contributed by atoms with Gasteiger partial charge in [0.2, 0.25) is 0 Å². The Morgan fingerprint density at radius 2 is 2.25 bits per heavy atom. The van der Waals surface area contributed by atoms with Crippen LogP contribution in [0.2, 0.25) is 0 Å². The zero-order valence-corrected chi connectivity index (χ0v) is 10.6. The maximum absolute atomic E-state index is 5.61. The fraction of sp³-hybridized carbons (Fsp3) is 0.273. The van der Waals surface area contributed by atoms with Crippen LogP contribution in [0, 0.1) is 0 Å². The van der Waals surface area contributed by atoms with Crippen LogP contribution >= 0.6 is 22.7 Å². The lowest BCUT2D eigenvalue weighted by Gasteiger charge is -2.14. The van der Waals surface area contributed by atoms with Gasteiger partial charge in [0, 0.05) is 11.3 Å². The van der Waals surface area contributed by atoms with Crippen molar-refractivity contribution in [3.63, 3.8) is 0 Å². The molecule has 16 heavy (non-hydrogen) atoms. The van der Waals surface area contributed by atoms with Gasteiger partial charge in [0.15, 0.2) is 0 Å². The van der Waals surface area contributed by atoms with Crippen LogP contribution in [0.25, 0.3) is 0 Å². The molecule has 0 aliphatic heterocycles. The second kappa shape index (κ2) is 5.45. The summed E-state index contributed by atoms with van der Waals surface area (Å²) in [5.74, 6) is 6.52. The molecule has 0 aliphatic carbocycles. The highest BCUT2D eigenvalue weighted by Gasteiger charge is 2.17. The Morgan fingerprint density at radius 1 is 1.38 bits per heavy atom. The van der Waals surface area contributed by atoms with Gasteiger partial charge >= 0.3 is 0 Å². The zero-order valence-electron chi connectivity index (χ0n) is 8.97. The number of nitrogens with one attached hydrogen (secondary N) is 1. The third kappa shape index (κ3) is 2.44. The number of thiophene rings is 2. The number of methoxy groups -OCH3 is 1. The topological polar surface area (TPSA) is 47.3 Å². The highest BCUT2D eigenvalue weighted by Crippen LogP contribution is 2.32. The van der Waals surface area contributed by atoms with E-state index in [4.69, 9.17) is 10.6 Å². The second-order valence-electron chi connectivity index (χ2n) is 3.36. The van der Waals surface area contributed by atoms with Crippen LogP contribution in [0.15, 0.2) is 29.0 Å². The van der Waals surface area contributed by atoms with Gasteiger partial charge in [0.25, 0.3) is 0 Å². The minimum absolute atomic E-state index is 0.119. The summed E-state index contributed by atoms with van der Waals surface area (Å²) in [6, 6.07) is 6.26. The summed E-state index contributed by atoms with van der Waals surface area (Å²) >= 11 is 3.41. The Balaban J connectivity index is 2.16. The molecule has 0 radical (unpaired) electrons. The number of nitrogens with two attached hydrogens (primary N) is 1. The summed E-state index contributed by atoms with van der Waals surface area (Å²) in [6.07, 6.45) is 0.894. The second-order valence-corrected chi connectivity index (χ2v) is 5.34. The molecule has 0 bridgehead atoms. The number of hydrogen-bond donors (Lipinski definition) is 2. The van der Waals surface area contributed by atoms with E-state index in [0.29, 0.717) is 0 Å². The molecule has 0 fully saturated rings. The molecule has 0 aliphatic rings. The SMILES string of the molecule is COc1ccsc1C(Cc1cccs1)NN. The first-order valence-corrected chi connectivity index (χ1v) is 6.71. The van der Waals surface area contributed by atoms with E-state index < -0.39 is 0 Å². The maximum atomic E-state index is 5.61. The van der Waals surface area contributed by atoms with Crippen molar-refractivity contribution in [1.82, 2.24) is 5.43 Å². The Morgan fingerprint density at radius 3 is 2.88 bits per heavy atom. The van der Waals surface area contributed by atoms with Crippen molar-refractivity contribution < 1.29 is 4.74 Å². The minimum Gasteiger partial charge on any atom is -0.496 e. The van der Waals surface area contributed by atoms with Crippen molar-refractivity contribution in [2.75, 3.05) is 7.11 Å². The normalized spacial score (nSPS) is 12.6. The van der Waals surface area contributed by atoms with Gasteiger partial charge in [-0.25, -0.2) is 0 Å². The Bertz CT molecular complexity index is 425. The average molecular weight is 254 g/mol. The van der Waals surface area contributed by atoms with Crippen molar-refractivity contribution in [2.45, 2.75) is 12.5 Å². The van der Waals surface area contributed by atoms with Crippen LogP contribution in [0.3, 0.4) is 0 Å². The van der Waals surface area contributed by atoms with Crippen LogP contribution in [-0.4, -0.2) is 7.11 Å². The van der Waals surface area contributed by atoms with E-state index in [1.54, 1.807) is 29.8 Å². The van der Waals surface area contributed by atoms with Gasteiger partial charge in [-0.15, -0.1) is 22.7 Å². The van der Waals surface area contributed by atoms with E-state index in [1.165, 1.54) is 4.88 Å². The minimum atomic E-state index is 0.119. The van der Waals surface area contributed by atoms with Crippen molar-refractivity contribution >= 4 is 22.7 Å². The Labute approximate surface area is 103 Å². The van der Waals surface area contributed by atoms with Gasteiger partial charge in [-0.2, -0.15) is 0 Å². The maximum Gasteiger partial charge on any atom is 0.134 e. The average Bonchev–Trinajstić information content (AvgIpc) is 2.96. The molecule has 3 N–H and O–H groups in total. The molecular formula is C11H14N2OS2. The molecular weight excluding hydrogens is 240 g/mol. The molecule has 1 atom stereocenters. The fourth-order valence-electron chi connectivity index (χ4n) is 1.59. The first-order valence-electron chi connectivity index (χ1n) is 4.95. The summed E-state index contributed by atoms with van der Waals surface area (Å²) in [5.41, 5.74) is 2.85. The zero-order chi connectivity index (χ0) is 11.4. The number of hydrazine groups is 1. The van der Waals surface area contributed by atoms with Crippen molar-refractivity contribution in [2.24, 2.45) is 5.84 Å². The van der Waals surface area contributed by atoms with E-state index in [0.717, 1.165) is 17.0 Å². The predicted molar refractivity (Wildman–Crippen MR) is 69.0 cm³/mol. The smallest absolute Gasteiger partial charge is 0.134 e. The lowest BCUT2D eigenvalue weighted by molar-refractivity contribution is 0.403. The molecule has 2 rings (SSSR count). The van der Waals surface area contributed by atoms with Gasteiger partial charge in [-0.3, -0.25) is 11.3 Å². The monoisotopic (exact) mass is 254 g/mol. The molecule has 1 unspecified atom stereocenters.